The molecule has 6 nitrogen and oxygen atoms in total. The van der Waals surface area contributed by atoms with E-state index in [2.05, 4.69) is 36.3 Å². The Morgan fingerprint density at radius 3 is 2.38 bits per heavy atom. The standard InChI is InChI=1S/C22H29N3O3S/c1-4-29(27,28)25-14-20(19-9-11-23-12-10-19)21(15-25)22(26)24-13-17-5-7-18(8-6-17)16(2)3/h5-12,16,20-21H,4,13-15H2,1-3H3,(H,24,26)/t20-,21+/m0/s1. The Hall–Kier alpha value is -2.25. The first-order chi connectivity index (χ1) is 13.8. The molecule has 0 bridgehead atoms. The zero-order valence-corrected chi connectivity index (χ0v) is 18.0. The third-order valence-electron chi connectivity index (χ3n) is 5.63. The number of pyridine rings is 1. The Balaban J connectivity index is 1.73. The number of carbonyl (C=O) groups is 1. The predicted octanol–water partition coefficient (Wildman–Crippen LogP) is 2.89. The molecule has 1 aliphatic rings. The van der Waals surface area contributed by atoms with Gasteiger partial charge in [-0.2, -0.15) is 0 Å². The molecular formula is C22H29N3O3S. The lowest BCUT2D eigenvalue weighted by molar-refractivity contribution is -0.125. The van der Waals surface area contributed by atoms with Crippen molar-refractivity contribution >= 4 is 15.9 Å². The van der Waals surface area contributed by atoms with Gasteiger partial charge in [-0.15, -0.1) is 0 Å². The normalized spacial score (nSPS) is 20.1. The van der Waals surface area contributed by atoms with Gasteiger partial charge in [0, 0.05) is 37.9 Å². The van der Waals surface area contributed by atoms with Crippen LogP contribution in [0, 0.1) is 5.92 Å². The number of sulfonamides is 1. The quantitative estimate of drug-likeness (QED) is 0.754. The van der Waals surface area contributed by atoms with E-state index in [4.69, 9.17) is 0 Å². The summed E-state index contributed by atoms with van der Waals surface area (Å²) >= 11 is 0. The minimum absolute atomic E-state index is 0.0343. The van der Waals surface area contributed by atoms with Gasteiger partial charge in [0.05, 0.1) is 11.7 Å². The van der Waals surface area contributed by atoms with Crippen LogP contribution in [-0.2, 0) is 21.4 Å². The molecule has 7 heteroatoms. The SMILES string of the molecule is CCS(=O)(=O)N1C[C@@H](C(=O)NCc2ccc(C(C)C)cc2)[C@H](c2ccncc2)C1. The summed E-state index contributed by atoms with van der Waals surface area (Å²) in [6.45, 7) is 6.88. The molecule has 1 amide bonds. The minimum Gasteiger partial charge on any atom is -0.352 e. The van der Waals surface area contributed by atoms with Crippen LogP contribution in [0.2, 0.25) is 0 Å². The molecule has 0 spiro atoms. The summed E-state index contributed by atoms with van der Waals surface area (Å²) in [5, 5.41) is 3.00. The lowest BCUT2D eigenvalue weighted by Crippen LogP contribution is -2.35. The van der Waals surface area contributed by atoms with Crippen molar-refractivity contribution in [2.45, 2.75) is 39.2 Å². The third-order valence-corrected chi connectivity index (χ3v) is 7.44. The molecule has 1 aromatic heterocycles. The van der Waals surface area contributed by atoms with Crippen molar-refractivity contribution in [1.29, 1.82) is 0 Å². The molecule has 2 aromatic rings. The van der Waals surface area contributed by atoms with E-state index in [1.54, 1.807) is 19.3 Å². The van der Waals surface area contributed by atoms with Crippen LogP contribution < -0.4 is 5.32 Å². The van der Waals surface area contributed by atoms with Crippen molar-refractivity contribution in [3.05, 3.63) is 65.5 Å². The monoisotopic (exact) mass is 415 g/mol. The van der Waals surface area contributed by atoms with Crippen molar-refractivity contribution in [2.75, 3.05) is 18.8 Å². The molecule has 1 N–H and O–H groups in total. The summed E-state index contributed by atoms with van der Waals surface area (Å²) in [7, 11) is -3.35. The highest BCUT2D eigenvalue weighted by atomic mass is 32.2. The van der Waals surface area contributed by atoms with Crippen LogP contribution in [0.15, 0.2) is 48.8 Å². The van der Waals surface area contributed by atoms with Crippen LogP contribution in [-0.4, -0.2) is 42.5 Å². The maximum Gasteiger partial charge on any atom is 0.225 e. The first-order valence-corrected chi connectivity index (χ1v) is 11.7. The van der Waals surface area contributed by atoms with E-state index in [1.165, 1.54) is 9.87 Å². The van der Waals surface area contributed by atoms with Gasteiger partial charge in [0.25, 0.3) is 0 Å². The third kappa shape index (κ3) is 5.03. The number of nitrogens with one attached hydrogen (secondary N) is 1. The van der Waals surface area contributed by atoms with Gasteiger partial charge in [0.2, 0.25) is 15.9 Å². The van der Waals surface area contributed by atoms with E-state index in [0.717, 1.165) is 11.1 Å². The van der Waals surface area contributed by atoms with Crippen LogP contribution in [0.4, 0.5) is 0 Å². The molecule has 0 saturated carbocycles. The summed E-state index contributed by atoms with van der Waals surface area (Å²) in [6, 6.07) is 11.9. The van der Waals surface area contributed by atoms with Gasteiger partial charge in [-0.25, -0.2) is 12.7 Å². The van der Waals surface area contributed by atoms with Crippen LogP contribution in [0.25, 0.3) is 0 Å². The molecule has 3 rings (SSSR count). The minimum atomic E-state index is -3.35. The van der Waals surface area contributed by atoms with Gasteiger partial charge < -0.3 is 5.32 Å². The fraction of sp³-hybridized carbons (Fsp3) is 0.455. The lowest BCUT2D eigenvalue weighted by Gasteiger charge is -2.18. The lowest BCUT2D eigenvalue weighted by atomic mass is 9.89. The highest BCUT2D eigenvalue weighted by Gasteiger charge is 2.42. The predicted molar refractivity (Wildman–Crippen MR) is 114 cm³/mol. The molecule has 2 atom stereocenters. The largest absolute Gasteiger partial charge is 0.352 e. The summed E-state index contributed by atoms with van der Waals surface area (Å²) in [6.07, 6.45) is 3.36. The van der Waals surface area contributed by atoms with Crippen LogP contribution in [0.3, 0.4) is 0 Å². The number of hydrogen-bond donors (Lipinski definition) is 1. The van der Waals surface area contributed by atoms with Crippen molar-refractivity contribution < 1.29 is 13.2 Å². The Morgan fingerprint density at radius 2 is 1.79 bits per heavy atom. The van der Waals surface area contributed by atoms with Crippen LogP contribution in [0.5, 0.6) is 0 Å². The zero-order chi connectivity index (χ0) is 21.0. The fourth-order valence-electron chi connectivity index (χ4n) is 3.73. The average Bonchev–Trinajstić information content (AvgIpc) is 3.19. The van der Waals surface area contributed by atoms with Crippen molar-refractivity contribution in [3.8, 4) is 0 Å². The van der Waals surface area contributed by atoms with E-state index >= 15 is 0 Å². The maximum atomic E-state index is 13.0. The fourth-order valence-corrected chi connectivity index (χ4v) is 4.87. The average molecular weight is 416 g/mol. The number of carbonyl (C=O) groups excluding carboxylic acids is 1. The summed E-state index contributed by atoms with van der Waals surface area (Å²) in [5.41, 5.74) is 3.23. The smallest absolute Gasteiger partial charge is 0.225 e. The Labute approximate surface area is 173 Å². The van der Waals surface area contributed by atoms with E-state index in [-0.39, 0.29) is 24.1 Å². The second-order valence-corrected chi connectivity index (χ2v) is 10.1. The maximum absolute atomic E-state index is 13.0. The number of benzene rings is 1. The molecule has 1 aromatic carbocycles. The first kappa shape index (κ1) is 21.5. The van der Waals surface area contributed by atoms with Gasteiger partial charge in [0.15, 0.2) is 0 Å². The van der Waals surface area contributed by atoms with Crippen molar-refractivity contribution in [1.82, 2.24) is 14.6 Å². The molecule has 0 unspecified atom stereocenters. The number of nitrogens with zero attached hydrogens (tertiary/aromatic N) is 2. The van der Waals surface area contributed by atoms with Crippen molar-refractivity contribution in [2.24, 2.45) is 5.92 Å². The van der Waals surface area contributed by atoms with Gasteiger partial charge in [0.1, 0.15) is 0 Å². The van der Waals surface area contributed by atoms with Crippen LogP contribution in [0.1, 0.15) is 49.3 Å². The number of aromatic nitrogens is 1. The second-order valence-electron chi connectivity index (χ2n) is 7.83. The molecule has 2 heterocycles. The molecule has 1 saturated heterocycles. The van der Waals surface area contributed by atoms with Gasteiger partial charge in [-0.1, -0.05) is 38.1 Å². The van der Waals surface area contributed by atoms with Crippen LogP contribution >= 0.6 is 0 Å². The van der Waals surface area contributed by atoms with Gasteiger partial charge in [-0.05, 0) is 41.7 Å². The van der Waals surface area contributed by atoms with E-state index in [9.17, 15) is 13.2 Å². The zero-order valence-electron chi connectivity index (χ0n) is 17.2. The molecule has 0 radical (unpaired) electrons. The molecule has 29 heavy (non-hydrogen) atoms. The summed E-state index contributed by atoms with van der Waals surface area (Å²) in [5.74, 6) is -0.221. The highest BCUT2D eigenvalue weighted by Crippen LogP contribution is 2.34. The van der Waals surface area contributed by atoms with E-state index in [1.807, 2.05) is 24.3 Å². The molecule has 156 valence electrons. The number of amides is 1. The van der Waals surface area contributed by atoms with E-state index in [0.29, 0.717) is 19.0 Å². The molecule has 1 fully saturated rings. The van der Waals surface area contributed by atoms with E-state index < -0.39 is 15.9 Å². The topological polar surface area (TPSA) is 79.4 Å². The van der Waals surface area contributed by atoms with Crippen molar-refractivity contribution in [3.63, 3.8) is 0 Å². The van der Waals surface area contributed by atoms with Gasteiger partial charge in [-0.3, -0.25) is 9.78 Å². The number of hydrogen-bond acceptors (Lipinski definition) is 4. The Kier molecular flexibility index (Phi) is 6.70. The molecule has 0 aliphatic carbocycles. The second kappa shape index (κ2) is 9.05. The number of rotatable bonds is 7. The first-order valence-electron chi connectivity index (χ1n) is 10.1. The summed E-state index contributed by atoms with van der Waals surface area (Å²) in [4.78, 5) is 17.0. The Bertz CT molecular complexity index is 928. The highest BCUT2D eigenvalue weighted by molar-refractivity contribution is 7.89. The molecular weight excluding hydrogens is 386 g/mol. The molecule has 1 aliphatic heterocycles. The van der Waals surface area contributed by atoms with Gasteiger partial charge >= 0.3 is 0 Å². The summed E-state index contributed by atoms with van der Waals surface area (Å²) < 4.78 is 26.2. The Morgan fingerprint density at radius 1 is 1.14 bits per heavy atom.